The first-order valence-electron chi connectivity index (χ1n) is 15.4. The smallest absolute Gasteiger partial charge is 0.331 e. The number of carbonyl (C=O) groups excluding carboxylic acids is 1. The van der Waals surface area contributed by atoms with E-state index in [1.165, 1.54) is 18.1 Å². The molecule has 8 nitrogen and oxygen atoms in total. The molecule has 8 N–H and O–H groups in total. The maximum atomic E-state index is 13.1. The first kappa shape index (κ1) is 29.7. The fourth-order valence-electron chi connectivity index (χ4n) is 10.6. The van der Waals surface area contributed by atoms with Crippen molar-refractivity contribution in [1.82, 2.24) is 0 Å². The van der Waals surface area contributed by atoms with E-state index in [0.29, 0.717) is 31.3 Å². The number of carboxylic acid groups (broad SMARTS) is 1. The lowest BCUT2D eigenvalue weighted by Gasteiger charge is -2.68. The van der Waals surface area contributed by atoms with E-state index in [0.717, 1.165) is 44.1 Å². The van der Waals surface area contributed by atoms with Gasteiger partial charge in [-0.1, -0.05) is 25.0 Å². The van der Waals surface area contributed by atoms with E-state index in [2.05, 4.69) is 27.7 Å². The third kappa shape index (κ3) is 4.31. The van der Waals surface area contributed by atoms with Crippen LogP contribution in [0.15, 0.2) is 22.3 Å². The summed E-state index contributed by atoms with van der Waals surface area (Å²) in [6.45, 7) is 10.1. The highest BCUT2D eigenvalue weighted by Crippen LogP contribution is 2.69. The van der Waals surface area contributed by atoms with Crippen molar-refractivity contribution in [3.05, 3.63) is 22.3 Å². The highest BCUT2D eigenvalue weighted by atomic mass is 16.5. The molecule has 40 heavy (non-hydrogen) atoms. The summed E-state index contributed by atoms with van der Waals surface area (Å²) >= 11 is 0. The van der Waals surface area contributed by atoms with Gasteiger partial charge >= 0.3 is 11.9 Å². The second kappa shape index (κ2) is 10.2. The van der Waals surface area contributed by atoms with Crippen molar-refractivity contribution in [2.75, 3.05) is 0 Å². The van der Waals surface area contributed by atoms with Gasteiger partial charge in [0.1, 0.15) is 6.10 Å². The van der Waals surface area contributed by atoms with Gasteiger partial charge in [-0.3, -0.25) is 4.79 Å². The normalized spacial score (nSPS) is 48.0. The molecule has 0 amide bonds. The van der Waals surface area contributed by atoms with Crippen LogP contribution < -0.4 is 17.2 Å². The van der Waals surface area contributed by atoms with Crippen LogP contribution in [-0.2, 0) is 14.3 Å². The number of carbonyl (C=O) groups is 2. The average molecular weight is 558 g/mol. The highest BCUT2D eigenvalue weighted by Gasteiger charge is 2.71. The summed E-state index contributed by atoms with van der Waals surface area (Å²) in [4.78, 5) is 25.5. The minimum absolute atomic E-state index is 0.0314. The average Bonchev–Trinajstić information content (AvgIpc) is 3.13. The van der Waals surface area contributed by atoms with E-state index in [-0.39, 0.29) is 41.2 Å². The first-order chi connectivity index (χ1) is 18.7. The monoisotopic (exact) mass is 557 g/mol. The number of ether oxygens (including phenoxy) is 1. The van der Waals surface area contributed by atoms with Crippen LogP contribution in [0.5, 0.6) is 0 Å². The quantitative estimate of drug-likeness (QED) is 0.199. The third-order valence-electron chi connectivity index (χ3n) is 12.5. The largest absolute Gasteiger partial charge is 0.478 e. The van der Waals surface area contributed by atoms with Crippen molar-refractivity contribution in [2.24, 2.45) is 51.7 Å². The number of hydrogen-bond acceptors (Lipinski definition) is 7. The van der Waals surface area contributed by atoms with Crippen molar-refractivity contribution in [3.63, 3.8) is 0 Å². The zero-order chi connectivity index (χ0) is 29.4. The molecule has 8 heteroatoms. The SMILES string of the molecule is CC(=O)O[C@H]1C[C@@]2(C)[C@@H](C[C@H](N)[C@H]3[C@@]4(C)CC[C@@H](O)[C@@H](N)[C@@H]4CC[C@@]32N)/C1=C(/C(=O)O)C1CCCC(=C(C)C)C1. The van der Waals surface area contributed by atoms with Crippen LogP contribution in [-0.4, -0.2) is 52.0 Å². The van der Waals surface area contributed by atoms with Crippen molar-refractivity contribution < 1.29 is 24.5 Å². The van der Waals surface area contributed by atoms with Crippen molar-refractivity contribution >= 4 is 11.9 Å². The summed E-state index contributed by atoms with van der Waals surface area (Å²) in [5.74, 6) is -1.53. The van der Waals surface area contributed by atoms with E-state index in [1.54, 1.807) is 0 Å². The van der Waals surface area contributed by atoms with Gasteiger partial charge in [-0.05, 0) is 118 Å². The molecule has 1 unspecified atom stereocenters. The van der Waals surface area contributed by atoms with E-state index in [4.69, 9.17) is 21.9 Å². The Morgan fingerprint density at radius 3 is 2.38 bits per heavy atom. The van der Waals surface area contributed by atoms with Gasteiger partial charge in [-0.15, -0.1) is 0 Å². The lowest BCUT2D eigenvalue weighted by atomic mass is 9.39. The Balaban J connectivity index is 1.64. The van der Waals surface area contributed by atoms with Crippen LogP contribution in [0, 0.1) is 34.5 Å². The van der Waals surface area contributed by atoms with Gasteiger partial charge in [-0.25, -0.2) is 4.79 Å². The number of nitrogens with two attached hydrogens (primary N) is 3. The van der Waals surface area contributed by atoms with Gasteiger partial charge in [0.05, 0.1) is 6.10 Å². The van der Waals surface area contributed by atoms with Crippen LogP contribution in [0.3, 0.4) is 0 Å². The molecule has 5 saturated carbocycles. The fourth-order valence-corrected chi connectivity index (χ4v) is 10.6. The number of allylic oxidation sites excluding steroid dienone is 2. The van der Waals surface area contributed by atoms with Crippen molar-refractivity contribution in [2.45, 2.75) is 129 Å². The fraction of sp³-hybridized carbons (Fsp3) is 0.812. The maximum absolute atomic E-state index is 13.1. The molecule has 0 bridgehead atoms. The molecule has 5 fully saturated rings. The van der Waals surface area contributed by atoms with Crippen molar-refractivity contribution in [3.8, 4) is 0 Å². The Morgan fingerprint density at radius 1 is 1.05 bits per heavy atom. The van der Waals surface area contributed by atoms with E-state index in [1.807, 2.05) is 0 Å². The summed E-state index contributed by atoms with van der Waals surface area (Å²) in [6, 6.07) is -0.554. The minimum Gasteiger partial charge on any atom is -0.478 e. The van der Waals surface area contributed by atoms with Gasteiger partial charge in [0.15, 0.2) is 0 Å². The number of fused-ring (bicyclic) bond motifs is 5. The molecule has 11 atom stereocenters. The summed E-state index contributed by atoms with van der Waals surface area (Å²) < 4.78 is 5.98. The third-order valence-corrected chi connectivity index (χ3v) is 12.5. The maximum Gasteiger partial charge on any atom is 0.331 e. The number of aliphatic hydroxyl groups is 1. The van der Waals surface area contributed by atoms with Crippen LogP contribution in [0.1, 0.15) is 98.8 Å². The van der Waals surface area contributed by atoms with Gasteiger partial charge in [0, 0.05) is 30.1 Å². The summed E-state index contributed by atoms with van der Waals surface area (Å²) in [7, 11) is 0. The number of esters is 1. The summed E-state index contributed by atoms with van der Waals surface area (Å²) in [5.41, 5.74) is 23.7. The van der Waals surface area contributed by atoms with Crippen LogP contribution in [0.2, 0.25) is 0 Å². The van der Waals surface area contributed by atoms with Crippen molar-refractivity contribution in [1.29, 1.82) is 0 Å². The van der Waals surface area contributed by atoms with Gasteiger partial charge in [0.2, 0.25) is 0 Å². The predicted molar refractivity (Wildman–Crippen MR) is 154 cm³/mol. The highest BCUT2D eigenvalue weighted by molar-refractivity contribution is 5.89. The predicted octanol–water partition coefficient (Wildman–Crippen LogP) is 3.80. The number of hydrogen-bond donors (Lipinski definition) is 5. The molecule has 0 aliphatic heterocycles. The van der Waals surface area contributed by atoms with Gasteiger partial charge in [-0.2, -0.15) is 0 Å². The molecule has 224 valence electrons. The van der Waals surface area contributed by atoms with Crippen LogP contribution >= 0.6 is 0 Å². The first-order valence-corrected chi connectivity index (χ1v) is 15.4. The standard InChI is InChI=1S/C32H51N3O5/c1-16(2)18-7-6-8-19(13-18)25(29(38)39)26-21-14-22(33)28-30(4)11-10-23(37)27(34)20(30)9-12-32(28,35)31(21,5)15-24(26)40-17(3)36/h19-24,27-28,37H,6-15,33-35H2,1-5H3,(H,38,39)/b26-25-/t19?,20-,21-,22-,23+,24-,27-,28-,30-,31-,32+/m0/s1. The lowest BCUT2D eigenvalue weighted by Crippen LogP contribution is -2.76. The Bertz CT molecular complexity index is 1130. The second-order valence-corrected chi connectivity index (χ2v) is 14.6. The molecule has 0 radical (unpaired) electrons. The number of aliphatic hydroxyl groups excluding tert-OH is 1. The minimum atomic E-state index is -0.916. The van der Waals surface area contributed by atoms with Crippen LogP contribution in [0.4, 0.5) is 0 Å². The molecular weight excluding hydrogens is 506 g/mol. The topological polar surface area (TPSA) is 162 Å². The number of carboxylic acids is 1. The van der Waals surface area contributed by atoms with Gasteiger partial charge < -0.3 is 32.2 Å². The molecule has 0 aromatic carbocycles. The molecule has 0 spiro atoms. The molecular formula is C32H51N3O5. The Kier molecular flexibility index (Phi) is 7.59. The van der Waals surface area contributed by atoms with E-state index in [9.17, 15) is 19.8 Å². The molecule has 5 rings (SSSR count). The lowest BCUT2D eigenvalue weighted by molar-refractivity contribution is -0.160. The molecule has 0 saturated heterocycles. The summed E-state index contributed by atoms with van der Waals surface area (Å²) in [5, 5.41) is 21.3. The molecule has 5 aliphatic rings. The Morgan fingerprint density at radius 2 is 1.75 bits per heavy atom. The Labute approximate surface area is 239 Å². The van der Waals surface area contributed by atoms with E-state index < -0.39 is 35.1 Å². The zero-order valence-corrected chi connectivity index (χ0v) is 25.0. The number of rotatable bonds is 3. The second-order valence-electron chi connectivity index (χ2n) is 14.6. The van der Waals surface area contributed by atoms with Gasteiger partial charge in [0.25, 0.3) is 0 Å². The molecule has 0 heterocycles. The number of aliphatic carboxylic acids is 1. The molecule has 0 aromatic rings. The van der Waals surface area contributed by atoms with E-state index >= 15 is 0 Å². The van der Waals surface area contributed by atoms with Crippen LogP contribution in [0.25, 0.3) is 0 Å². The Hall–Kier alpha value is -1.74. The molecule has 5 aliphatic carbocycles. The summed E-state index contributed by atoms with van der Waals surface area (Å²) in [6.07, 6.45) is 6.40. The molecule has 0 aromatic heterocycles. The zero-order valence-electron chi connectivity index (χ0n) is 25.0.